The second-order valence-corrected chi connectivity index (χ2v) is 6.44. The van der Waals surface area contributed by atoms with Gasteiger partial charge in [-0.1, -0.05) is 6.92 Å². The lowest BCUT2D eigenvalue weighted by atomic mass is 10.3. The number of nitrogens with zero attached hydrogens (tertiary/aromatic N) is 1. The molecule has 21 heavy (non-hydrogen) atoms. The number of amides is 1. The predicted octanol–water partition coefficient (Wildman–Crippen LogP) is 1.65. The Morgan fingerprint density at radius 2 is 2.00 bits per heavy atom. The summed E-state index contributed by atoms with van der Waals surface area (Å²) in [5, 5.41) is 2.55. The molecule has 0 bridgehead atoms. The van der Waals surface area contributed by atoms with Gasteiger partial charge < -0.3 is 5.32 Å². The zero-order chi connectivity index (χ0) is 16.0. The third-order valence-corrected chi connectivity index (χ3v) is 3.87. The fraction of sp³-hybridized carbons (Fsp3) is 0.462. The first-order valence-corrected chi connectivity index (χ1v) is 8.30. The second-order valence-electron chi connectivity index (χ2n) is 4.53. The number of benzene rings is 1. The van der Waals surface area contributed by atoms with Gasteiger partial charge in [0.25, 0.3) is 0 Å². The van der Waals surface area contributed by atoms with Gasteiger partial charge in [-0.05, 0) is 18.6 Å². The van der Waals surface area contributed by atoms with Gasteiger partial charge in [0, 0.05) is 19.0 Å². The van der Waals surface area contributed by atoms with E-state index in [2.05, 4.69) is 5.32 Å². The highest BCUT2D eigenvalue weighted by Gasteiger charge is 2.21. The molecule has 1 rings (SSSR count). The SMILES string of the molecule is CCCC(=O)NCCN(c1ccc(F)cc1F)S(C)(=O)=O. The molecule has 0 radical (unpaired) electrons. The third-order valence-electron chi connectivity index (χ3n) is 2.69. The Morgan fingerprint density at radius 1 is 1.33 bits per heavy atom. The molecule has 0 unspecified atom stereocenters. The highest BCUT2D eigenvalue weighted by atomic mass is 32.2. The fourth-order valence-electron chi connectivity index (χ4n) is 1.76. The monoisotopic (exact) mass is 320 g/mol. The van der Waals surface area contributed by atoms with Crippen molar-refractivity contribution in [2.75, 3.05) is 23.7 Å². The van der Waals surface area contributed by atoms with E-state index in [1.807, 2.05) is 6.92 Å². The number of hydrogen-bond donors (Lipinski definition) is 1. The van der Waals surface area contributed by atoms with Crippen molar-refractivity contribution in [3.8, 4) is 0 Å². The van der Waals surface area contributed by atoms with E-state index in [9.17, 15) is 22.0 Å². The Bertz CT molecular complexity index is 605. The average molecular weight is 320 g/mol. The quantitative estimate of drug-likeness (QED) is 0.831. The van der Waals surface area contributed by atoms with Crippen LogP contribution in [0.15, 0.2) is 18.2 Å². The van der Waals surface area contributed by atoms with E-state index in [4.69, 9.17) is 0 Å². The fourth-order valence-corrected chi connectivity index (χ4v) is 2.69. The van der Waals surface area contributed by atoms with E-state index < -0.39 is 21.7 Å². The molecule has 1 aromatic carbocycles. The molecule has 5 nitrogen and oxygen atoms in total. The zero-order valence-electron chi connectivity index (χ0n) is 11.9. The van der Waals surface area contributed by atoms with Crippen LogP contribution in [-0.4, -0.2) is 33.7 Å². The van der Waals surface area contributed by atoms with E-state index in [1.54, 1.807) is 0 Å². The van der Waals surface area contributed by atoms with E-state index in [-0.39, 0.29) is 24.7 Å². The number of anilines is 1. The van der Waals surface area contributed by atoms with Crippen molar-refractivity contribution in [1.82, 2.24) is 5.32 Å². The molecule has 118 valence electrons. The predicted molar refractivity (Wildman–Crippen MR) is 76.5 cm³/mol. The van der Waals surface area contributed by atoms with Gasteiger partial charge in [0.05, 0.1) is 18.5 Å². The van der Waals surface area contributed by atoms with E-state index in [1.165, 1.54) is 0 Å². The van der Waals surface area contributed by atoms with Gasteiger partial charge in [-0.15, -0.1) is 0 Å². The summed E-state index contributed by atoms with van der Waals surface area (Å²) in [5.74, 6) is -1.97. The largest absolute Gasteiger partial charge is 0.354 e. The van der Waals surface area contributed by atoms with Crippen LogP contribution in [0.3, 0.4) is 0 Å². The van der Waals surface area contributed by atoms with Gasteiger partial charge in [0.15, 0.2) is 0 Å². The topological polar surface area (TPSA) is 66.5 Å². The summed E-state index contributed by atoms with van der Waals surface area (Å²) in [6.07, 6.45) is 1.93. The van der Waals surface area contributed by atoms with Crippen LogP contribution in [-0.2, 0) is 14.8 Å². The number of carbonyl (C=O) groups is 1. The van der Waals surface area contributed by atoms with Gasteiger partial charge in [-0.25, -0.2) is 17.2 Å². The van der Waals surface area contributed by atoms with Gasteiger partial charge in [-0.2, -0.15) is 0 Å². The van der Waals surface area contributed by atoms with Crippen molar-refractivity contribution in [2.24, 2.45) is 0 Å². The lowest BCUT2D eigenvalue weighted by Gasteiger charge is -2.23. The molecule has 0 fully saturated rings. The molecule has 0 aliphatic carbocycles. The molecule has 0 atom stereocenters. The van der Waals surface area contributed by atoms with Gasteiger partial charge in [0.2, 0.25) is 15.9 Å². The minimum Gasteiger partial charge on any atom is -0.354 e. The van der Waals surface area contributed by atoms with E-state index >= 15 is 0 Å². The maximum absolute atomic E-state index is 13.7. The number of hydrogen-bond acceptors (Lipinski definition) is 3. The Labute approximate surface area is 123 Å². The zero-order valence-corrected chi connectivity index (χ0v) is 12.7. The lowest BCUT2D eigenvalue weighted by molar-refractivity contribution is -0.121. The standard InChI is InChI=1S/C13H18F2N2O3S/c1-3-4-13(18)16-7-8-17(21(2,19)20)12-6-5-10(14)9-11(12)15/h5-6,9H,3-4,7-8H2,1-2H3,(H,16,18). The van der Waals surface area contributed by atoms with Crippen molar-refractivity contribution in [1.29, 1.82) is 0 Å². The lowest BCUT2D eigenvalue weighted by Crippen LogP contribution is -2.38. The van der Waals surface area contributed by atoms with Crippen molar-refractivity contribution in [2.45, 2.75) is 19.8 Å². The molecule has 0 aromatic heterocycles. The number of carbonyl (C=O) groups excluding carboxylic acids is 1. The molecule has 1 aromatic rings. The number of sulfonamides is 1. The first-order valence-electron chi connectivity index (χ1n) is 6.45. The summed E-state index contributed by atoms with van der Waals surface area (Å²) in [5.41, 5.74) is -0.247. The van der Waals surface area contributed by atoms with Gasteiger partial charge in [-0.3, -0.25) is 9.10 Å². The Morgan fingerprint density at radius 3 is 2.52 bits per heavy atom. The smallest absolute Gasteiger partial charge is 0.232 e. The van der Waals surface area contributed by atoms with Crippen LogP contribution in [0.1, 0.15) is 19.8 Å². The molecule has 0 saturated heterocycles. The Kier molecular flexibility index (Phi) is 6.07. The highest BCUT2D eigenvalue weighted by Crippen LogP contribution is 2.22. The molecule has 0 saturated carbocycles. The number of nitrogens with one attached hydrogen (secondary N) is 1. The van der Waals surface area contributed by atoms with Crippen molar-refractivity contribution < 1.29 is 22.0 Å². The maximum atomic E-state index is 13.7. The Balaban J connectivity index is 2.85. The van der Waals surface area contributed by atoms with Crippen LogP contribution in [0.2, 0.25) is 0 Å². The first-order chi connectivity index (χ1) is 9.75. The van der Waals surface area contributed by atoms with Crippen LogP contribution < -0.4 is 9.62 Å². The second kappa shape index (κ2) is 7.35. The molecular formula is C13H18F2N2O3S. The molecule has 1 N–H and O–H groups in total. The average Bonchev–Trinajstić information content (AvgIpc) is 2.35. The summed E-state index contributed by atoms with van der Waals surface area (Å²) in [6.45, 7) is 1.76. The van der Waals surface area contributed by atoms with Crippen molar-refractivity contribution >= 4 is 21.6 Å². The summed E-state index contributed by atoms with van der Waals surface area (Å²) in [4.78, 5) is 11.3. The van der Waals surface area contributed by atoms with Crippen LogP contribution in [0.5, 0.6) is 0 Å². The number of rotatable bonds is 7. The minimum absolute atomic E-state index is 0.0444. The molecule has 0 aliphatic heterocycles. The molecule has 8 heteroatoms. The highest BCUT2D eigenvalue weighted by molar-refractivity contribution is 7.92. The van der Waals surface area contributed by atoms with E-state index in [0.717, 1.165) is 22.7 Å². The van der Waals surface area contributed by atoms with Crippen LogP contribution in [0, 0.1) is 11.6 Å². The summed E-state index contributed by atoms with van der Waals surface area (Å²) in [7, 11) is -3.74. The molecule has 1 amide bonds. The first kappa shape index (κ1) is 17.4. The normalized spacial score (nSPS) is 11.2. The summed E-state index contributed by atoms with van der Waals surface area (Å²) >= 11 is 0. The molecule has 0 aliphatic rings. The van der Waals surface area contributed by atoms with Gasteiger partial charge in [0.1, 0.15) is 11.6 Å². The van der Waals surface area contributed by atoms with E-state index in [0.29, 0.717) is 18.9 Å². The van der Waals surface area contributed by atoms with Crippen LogP contribution in [0.4, 0.5) is 14.5 Å². The Hall–Kier alpha value is -1.70. The number of halogens is 2. The molecular weight excluding hydrogens is 302 g/mol. The molecule has 0 heterocycles. The van der Waals surface area contributed by atoms with Crippen molar-refractivity contribution in [3.05, 3.63) is 29.8 Å². The molecule has 0 spiro atoms. The summed E-state index contributed by atoms with van der Waals surface area (Å²) < 4.78 is 50.8. The van der Waals surface area contributed by atoms with Crippen molar-refractivity contribution in [3.63, 3.8) is 0 Å². The van der Waals surface area contributed by atoms with Gasteiger partial charge >= 0.3 is 0 Å². The van der Waals surface area contributed by atoms with Crippen LogP contribution >= 0.6 is 0 Å². The minimum atomic E-state index is -3.74. The van der Waals surface area contributed by atoms with Crippen LogP contribution in [0.25, 0.3) is 0 Å². The third kappa shape index (κ3) is 5.30. The maximum Gasteiger partial charge on any atom is 0.232 e. The summed E-state index contributed by atoms with van der Waals surface area (Å²) in [6, 6.07) is 2.65.